The lowest BCUT2D eigenvalue weighted by Crippen LogP contribution is -2.50. The van der Waals surface area contributed by atoms with E-state index in [1.54, 1.807) is 6.08 Å². The van der Waals surface area contributed by atoms with Crippen molar-refractivity contribution in [3.05, 3.63) is 34.2 Å². The number of rotatable bonds is 7. The number of ether oxygens (including phenoxy) is 2. The fourth-order valence-electron chi connectivity index (χ4n) is 6.39. The van der Waals surface area contributed by atoms with Crippen molar-refractivity contribution in [1.29, 1.82) is 0 Å². The second-order valence-corrected chi connectivity index (χ2v) is 14.4. The Bertz CT molecular complexity index is 1270. The van der Waals surface area contributed by atoms with Crippen molar-refractivity contribution in [2.75, 3.05) is 31.6 Å². The highest BCUT2D eigenvalue weighted by molar-refractivity contribution is 7.92. The first kappa shape index (κ1) is 29.2. The molecule has 2 N–H and O–H groups in total. The van der Waals surface area contributed by atoms with Crippen LogP contribution in [0.2, 0.25) is 0 Å². The summed E-state index contributed by atoms with van der Waals surface area (Å²) in [5.41, 5.74) is 2.99. The van der Waals surface area contributed by atoms with Crippen LogP contribution in [-0.2, 0) is 24.3 Å². The van der Waals surface area contributed by atoms with Crippen LogP contribution in [0.15, 0.2) is 22.5 Å². The van der Waals surface area contributed by atoms with E-state index in [4.69, 9.17) is 14.5 Å². The molecule has 220 valence electrons. The Morgan fingerprint density at radius 1 is 1.12 bits per heavy atom. The topological polar surface area (TPSA) is 109 Å². The number of hydrogen-bond donors (Lipinski definition) is 2. The van der Waals surface area contributed by atoms with Crippen molar-refractivity contribution in [3.8, 4) is 0 Å². The van der Waals surface area contributed by atoms with E-state index in [1.807, 2.05) is 39.8 Å². The average Bonchev–Trinajstić information content (AvgIpc) is 3.41. The van der Waals surface area contributed by atoms with E-state index in [0.717, 1.165) is 59.8 Å². The van der Waals surface area contributed by atoms with Crippen LogP contribution >= 0.6 is 0 Å². The fourth-order valence-corrected chi connectivity index (χ4v) is 7.57. The number of carbonyl (C=O) groups is 1. The number of benzene rings is 1. The zero-order chi connectivity index (χ0) is 28.7. The van der Waals surface area contributed by atoms with Gasteiger partial charge in [0.2, 0.25) is 10.0 Å². The molecule has 1 aliphatic carbocycles. The maximum Gasteiger partial charge on any atom is 0.253 e. The zero-order valence-corrected chi connectivity index (χ0v) is 25.3. The number of nitrogens with one attached hydrogen (secondary N) is 2. The van der Waals surface area contributed by atoms with Crippen molar-refractivity contribution in [3.63, 3.8) is 0 Å². The van der Waals surface area contributed by atoms with Crippen LogP contribution in [0, 0.1) is 25.7 Å². The normalized spacial score (nSPS) is 28.7. The number of anilines is 1. The second-order valence-electron chi connectivity index (χ2n) is 12.5. The molecule has 0 unspecified atom stereocenters. The first-order valence-electron chi connectivity index (χ1n) is 14.6. The summed E-state index contributed by atoms with van der Waals surface area (Å²) < 4.78 is 39.5. The SMILES string of the molecule is Cc1cc(NC[C@H]2COC(C)(C)O2)cc(C)c1C=CS(=O)(=O)N1CCC2(CC1)N=C(C1CCC(C)CC1)NC2=O. The molecule has 0 bridgehead atoms. The highest BCUT2D eigenvalue weighted by Crippen LogP contribution is 2.36. The Morgan fingerprint density at radius 2 is 1.77 bits per heavy atom. The third kappa shape index (κ3) is 6.30. The molecule has 1 aromatic carbocycles. The van der Waals surface area contributed by atoms with Gasteiger partial charge in [-0.05, 0) is 94.2 Å². The summed E-state index contributed by atoms with van der Waals surface area (Å²) >= 11 is 0. The molecule has 3 aliphatic heterocycles. The Kier molecular flexibility index (Phi) is 8.18. The lowest BCUT2D eigenvalue weighted by atomic mass is 9.82. The number of aliphatic imine (C=N–C) groups is 1. The molecule has 5 rings (SSSR count). The van der Waals surface area contributed by atoms with Gasteiger partial charge in [-0.1, -0.05) is 19.8 Å². The van der Waals surface area contributed by atoms with Gasteiger partial charge in [0, 0.05) is 36.6 Å². The van der Waals surface area contributed by atoms with E-state index >= 15 is 0 Å². The fraction of sp³-hybridized carbons (Fsp3) is 0.667. The second kappa shape index (κ2) is 11.2. The molecule has 0 radical (unpaired) electrons. The van der Waals surface area contributed by atoms with E-state index in [0.29, 0.717) is 31.9 Å². The molecule has 4 aliphatic rings. The standard InChI is InChI=1S/C30H44N4O5S/c1-20-6-8-23(9-7-20)27-32-28(35)30(33-27)11-13-34(14-12-30)40(36,37)15-10-26-21(2)16-24(17-22(26)3)31-18-25-19-38-29(4,5)39-25/h10,15-17,20,23,25,31H,6-9,11-14,18-19H2,1-5H3,(H,32,33,35)/t20?,23?,25-/m0/s1. The van der Waals surface area contributed by atoms with Crippen molar-refractivity contribution in [2.45, 2.75) is 90.6 Å². The number of amidine groups is 1. The number of amides is 1. The summed E-state index contributed by atoms with van der Waals surface area (Å²) in [6.45, 7) is 11.8. The van der Waals surface area contributed by atoms with Crippen LogP contribution in [0.25, 0.3) is 6.08 Å². The number of hydrogen-bond acceptors (Lipinski definition) is 7. The smallest absolute Gasteiger partial charge is 0.253 e. The van der Waals surface area contributed by atoms with Crippen molar-refractivity contribution >= 4 is 33.5 Å². The van der Waals surface area contributed by atoms with Gasteiger partial charge in [-0.3, -0.25) is 9.79 Å². The maximum atomic E-state index is 13.2. The molecule has 10 heteroatoms. The molecule has 9 nitrogen and oxygen atoms in total. The molecule has 3 heterocycles. The minimum Gasteiger partial charge on any atom is -0.382 e. The summed E-state index contributed by atoms with van der Waals surface area (Å²) in [6, 6.07) is 4.04. The number of piperidine rings is 1. The minimum atomic E-state index is -3.63. The van der Waals surface area contributed by atoms with Crippen LogP contribution in [0.5, 0.6) is 0 Å². The monoisotopic (exact) mass is 572 g/mol. The van der Waals surface area contributed by atoms with E-state index in [2.05, 4.69) is 17.6 Å². The molecular formula is C30H44N4O5S. The Hall–Kier alpha value is -2.27. The van der Waals surface area contributed by atoms with Gasteiger partial charge in [-0.15, -0.1) is 0 Å². The average molecular weight is 573 g/mol. The third-order valence-corrected chi connectivity index (χ3v) is 10.5. The summed E-state index contributed by atoms with van der Waals surface area (Å²) in [4.78, 5) is 17.9. The highest BCUT2D eigenvalue weighted by atomic mass is 32.2. The maximum absolute atomic E-state index is 13.2. The molecular weight excluding hydrogens is 528 g/mol. The molecule has 2 saturated heterocycles. The van der Waals surface area contributed by atoms with Crippen molar-refractivity contribution in [2.24, 2.45) is 16.8 Å². The van der Waals surface area contributed by atoms with Gasteiger partial charge in [-0.25, -0.2) is 8.42 Å². The predicted octanol–water partition coefficient (Wildman–Crippen LogP) is 4.36. The van der Waals surface area contributed by atoms with Gasteiger partial charge in [-0.2, -0.15) is 4.31 Å². The molecule has 1 amide bonds. The predicted molar refractivity (Wildman–Crippen MR) is 158 cm³/mol. The molecule has 0 aromatic heterocycles. The summed E-state index contributed by atoms with van der Waals surface area (Å²) in [5, 5.41) is 7.76. The number of carbonyl (C=O) groups excluding carboxylic acids is 1. The highest BCUT2D eigenvalue weighted by Gasteiger charge is 2.48. The van der Waals surface area contributed by atoms with E-state index < -0.39 is 21.3 Å². The van der Waals surface area contributed by atoms with E-state index in [1.165, 1.54) is 9.71 Å². The quantitative estimate of drug-likeness (QED) is 0.503. The van der Waals surface area contributed by atoms with Crippen LogP contribution < -0.4 is 10.6 Å². The lowest BCUT2D eigenvalue weighted by molar-refractivity contribution is -0.136. The third-order valence-electron chi connectivity index (χ3n) is 8.91. The number of aryl methyl sites for hydroxylation is 2. The minimum absolute atomic E-state index is 0.0207. The van der Waals surface area contributed by atoms with Gasteiger partial charge in [0.25, 0.3) is 5.91 Å². The first-order valence-corrected chi connectivity index (χ1v) is 16.1. The van der Waals surface area contributed by atoms with Gasteiger partial charge in [0.05, 0.1) is 6.61 Å². The van der Waals surface area contributed by atoms with Gasteiger partial charge in [0.1, 0.15) is 17.5 Å². The molecule has 1 spiro atoms. The van der Waals surface area contributed by atoms with Crippen molar-refractivity contribution in [1.82, 2.24) is 9.62 Å². The largest absolute Gasteiger partial charge is 0.382 e. The Balaban J connectivity index is 1.19. The van der Waals surface area contributed by atoms with Crippen LogP contribution in [0.4, 0.5) is 5.69 Å². The van der Waals surface area contributed by atoms with Crippen molar-refractivity contribution < 1.29 is 22.7 Å². The Labute approximate surface area is 238 Å². The van der Waals surface area contributed by atoms with E-state index in [-0.39, 0.29) is 25.1 Å². The van der Waals surface area contributed by atoms with Crippen LogP contribution in [0.1, 0.15) is 76.0 Å². The zero-order valence-electron chi connectivity index (χ0n) is 24.5. The molecule has 1 atom stereocenters. The molecule has 1 aromatic rings. The van der Waals surface area contributed by atoms with Crippen LogP contribution in [0.3, 0.4) is 0 Å². The molecule has 3 fully saturated rings. The first-order chi connectivity index (χ1) is 18.9. The van der Waals surface area contributed by atoms with Crippen LogP contribution in [-0.4, -0.2) is 68.1 Å². The Morgan fingerprint density at radius 3 is 2.38 bits per heavy atom. The molecule has 40 heavy (non-hydrogen) atoms. The number of nitrogens with zero attached hydrogens (tertiary/aromatic N) is 2. The lowest BCUT2D eigenvalue weighted by Gasteiger charge is -2.34. The number of sulfonamides is 1. The summed E-state index contributed by atoms with van der Waals surface area (Å²) in [5.74, 6) is 1.25. The van der Waals surface area contributed by atoms with E-state index in [9.17, 15) is 13.2 Å². The van der Waals surface area contributed by atoms with Gasteiger partial charge in [0.15, 0.2) is 5.79 Å². The summed E-state index contributed by atoms with van der Waals surface area (Å²) in [6.07, 6.45) is 6.91. The summed E-state index contributed by atoms with van der Waals surface area (Å²) in [7, 11) is -3.63. The molecule has 1 saturated carbocycles. The van der Waals surface area contributed by atoms with Gasteiger partial charge < -0.3 is 20.1 Å². The van der Waals surface area contributed by atoms with Gasteiger partial charge >= 0.3 is 0 Å².